The second kappa shape index (κ2) is 4.59. The summed E-state index contributed by atoms with van der Waals surface area (Å²) in [6, 6.07) is 0. The second-order valence-electron chi connectivity index (χ2n) is 5.86. The molecule has 0 unspecified atom stereocenters. The van der Waals surface area contributed by atoms with Crippen molar-refractivity contribution < 1.29 is 20.1 Å². The molecule has 9 heteroatoms. The largest absolute Gasteiger partial charge is 0.394 e. The van der Waals surface area contributed by atoms with Crippen LogP contribution >= 0.6 is 0 Å². The molecule has 1 aliphatic rings. The summed E-state index contributed by atoms with van der Waals surface area (Å²) >= 11 is 0. The first kappa shape index (κ1) is 15.1. The number of aliphatic hydroxyl groups is 3. The van der Waals surface area contributed by atoms with E-state index in [0.717, 1.165) is 0 Å². The number of aryl methyl sites for hydroxylation is 1. The number of rotatable bonds is 2. The fraction of sp³-hybridized carbons (Fsp3) is 0.615. The second-order valence-corrected chi connectivity index (χ2v) is 5.86. The first-order valence-corrected chi connectivity index (χ1v) is 6.89. The van der Waals surface area contributed by atoms with Crippen LogP contribution in [0.15, 0.2) is 6.33 Å². The van der Waals surface area contributed by atoms with Gasteiger partial charge in [0, 0.05) is 0 Å². The lowest BCUT2D eigenvalue weighted by Crippen LogP contribution is -2.53. The minimum absolute atomic E-state index is 0.224. The van der Waals surface area contributed by atoms with Crippen LogP contribution in [-0.4, -0.2) is 59.3 Å². The van der Waals surface area contributed by atoms with Gasteiger partial charge in [-0.2, -0.15) is 0 Å². The number of fused-ring (bicyclic) bond motifs is 1. The maximum absolute atomic E-state index is 10.7. The van der Waals surface area contributed by atoms with E-state index >= 15 is 0 Å². The highest BCUT2D eigenvalue weighted by atomic mass is 16.6. The minimum Gasteiger partial charge on any atom is -0.394 e. The molecule has 2 aromatic rings. The summed E-state index contributed by atoms with van der Waals surface area (Å²) in [6.07, 6.45) is -0.756. The lowest BCUT2D eigenvalue weighted by molar-refractivity contribution is -0.174. The molecule has 4 atom stereocenters. The van der Waals surface area contributed by atoms with Gasteiger partial charge in [-0.1, -0.05) is 0 Å². The standard InChI is InChI=1S/C13H19N5O4/c1-6-16-10(14)8-11(17-6)18(5-15-8)13(3)12(2,21)9(20)7(4-19)22-13/h5,7,9,19-21H,4H2,1-3H3,(H2,14,16,17)/t7-,9-,12-,13-/m1/s1. The zero-order valence-electron chi connectivity index (χ0n) is 12.6. The number of imidazole rings is 1. The highest BCUT2D eigenvalue weighted by Gasteiger charge is 2.61. The molecule has 0 aromatic carbocycles. The van der Waals surface area contributed by atoms with Crippen LogP contribution in [0.1, 0.15) is 19.7 Å². The van der Waals surface area contributed by atoms with Gasteiger partial charge in [-0.15, -0.1) is 0 Å². The number of anilines is 1. The van der Waals surface area contributed by atoms with Gasteiger partial charge in [0.05, 0.1) is 12.9 Å². The normalized spacial score (nSPS) is 35.4. The molecule has 0 aliphatic carbocycles. The van der Waals surface area contributed by atoms with Gasteiger partial charge in [0.2, 0.25) is 0 Å². The predicted octanol–water partition coefficient (Wildman–Crippen LogP) is -1.11. The Labute approximate surface area is 126 Å². The SMILES string of the molecule is Cc1nc(N)c2ncn([C@]3(C)O[C@H](CO)[C@@H](O)[C@@]3(C)O)c2n1. The van der Waals surface area contributed by atoms with E-state index in [1.807, 2.05) is 0 Å². The summed E-state index contributed by atoms with van der Waals surface area (Å²) in [4.78, 5) is 12.5. The van der Waals surface area contributed by atoms with Crippen molar-refractivity contribution in [1.82, 2.24) is 19.5 Å². The Morgan fingerprint density at radius 2 is 2.09 bits per heavy atom. The molecule has 22 heavy (non-hydrogen) atoms. The molecule has 0 saturated carbocycles. The molecule has 9 nitrogen and oxygen atoms in total. The Kier molecular flexibility index (Phi) is 3.15. The quantitative estimate of drug-likeness (QED) is 0.547. The Morgan fingerprint density at radius 3 is 2.68 bits per heavy atom. The van der Waals surface area contributed by atoms with E-state index in [0.29, 0.717) is 17.0 Å². The molecule has 0 amide bonds. The molecule has 0 radical (unpaired) electrons. The van der Waals surface area contributed by atoms with Gasteiger partial charge in [-0.3, -0.25) is 4.57 Å². The smallest absolute Gasteiger partial charge is 0.176 e. The first-order valence-electron chi connectivity index (χ1n) is 6.89. The maximum Gasteiger partial charge on any atom is 0.176 e. The number of hydrogen-bond donors (Lipinski definition) is 4. The van der Waals surface area contributed by atoms with Gasteiger partial charge < -0.3 is 25.8 Å². The van der Waals surface area contributed by atoms with Crippen molar-refractivity contribution in [3.63, 3.8) is 0 Å². The molecular formula is C13H19N5O4. The van der Waals surface area contributed by atoms with E-state index in [4.69, 9.17) is 10.5 Å². The molecule has 1 fully saturated rings. The first-order chi connectivity index (χ1) is 10.2. The van der Waals surface area contributed by atoms with Crippen LogP contribution in [0.4, 0.5) is 5.82 Å². The molecule has 5 N–H and O–H groups in total. The number of nitrogens with two attached hydrogens (primary N) is 1. The third-order valence-electron chi connectivity index (χ3n) is 4.42. The average Bonchev–Trinajstić information content (AvgIpc) is 2.93. The molecule has 0 bridgehead atoms. The van der Waals surface area contributed by atoms with Crippen LogP contribution in [0.2, 0.25) is 0 Å². The van der Waals surface area contributed by atoms with Gasteiger partial charge in [0.15, 0.2) is 17.2 Å². The molecule has 120 valence electrons. The van der Waals surface area contributed by atoms with Crippen molar-refractivity contribution in [3.05, 3.63) is 12.2 Å². The number of nitrogens with zero attached hydrogens (tertiary/aromatic N) is 4. The number of aromatic nitrogens is 4. The van der Waals surface area contributed by atoms with Gasteiger partial charge in [0.1, 0.15) is 29.2 Å². The van der Waals surface area contributed by atoms with Crippen LogP contribution < -0.4 is 5.73 Å². The van der Waals surface area contributed by atoms with E-state index in [-0.39, 0.29) is 5.82 Å². The summed E-state index contributed by atoms with van der Waals surface area (Å²) in [6.45, 7) is 4.31. The van der Waals surface area contributed by atoms with Gasteiger partial charge in [0.25, 0.3) is 0 Å². The molecule has 3 heterocycles. The Bertz CT molecular complexity index is 731. The summed E-state index contributed by atoms with van der Waals surface area (Å²) in [5.41, 5.74) is 3.57. The predicted molar refractivity (Wildman–Crippen MR) is 76.7 cm³/mol. The van der Waals surface area contributed by atoms with Crippen LogP contribution in [0, 0.1) is 6.92 Å². The highest BCUT2D eigenvalue weighted by molar-refractivity contribution is 5.81. The van der Waals surface area contributed by atoms with Crippen molar-refractivity contribution in [3.8, 4) is 0 Å². The van der Waals surface area contributed by atoms with E-state index in [1.54, 1.807) is 13.8 Å². The summed E-state index contributed by atoms with van der Waals surface area (Å²) in [5, 5.41) is 30.3. The fourth-order valence-corrected chi connectivity index (χ4v) is 2.90. The third kappa shape index (κ3) is 1.76. The lowest BCUT2D eigenvalue weighted by Gasteiger charge is -2.37. The molecule has 1 saturated heterocycles. The van der Waals surface area contributed by atoms with Gasteiger partial charge in [-0.25, -0.2) is 15.0 Å². The highest BCUT2D eigenvalue weighted by Crippen LogP contribution is 2.44. The minimum atomic E-state index is -1.67. The van der Waals surface area contributed by atoms with Crippen molar-refractivity contribution >= 4 is 17.0 Å². The van der Waals surface area contributed by atoms with Crippen LogP contribution in [0.5, 0.6) is 0 Å². The van der Waals surface area contributed by atoms with E-state index < -0.39 is 30.1 Å². The Balaban J connectivity index is 2.22. The number of aliphatic hydroxyl groups excluding tert-OH is 2. The zero-order chi connectivity index (χ0) is 16.3. The molecular weight excluding hydrogens is 290 g/mol. The molecule has 2 aromatic heterocycles. The fourth-order valence-electron chi connectivity index (χ4n) is 2.90. The monoisotopic (exact) mass is 309 g/mol. The maximum atomic E-state index is 10.7. The van der Waals surface area contributed by atoms with E-state index in [9.17, 15) is 15.3 Å². The van der Waals surface area contributed by atoms with E-state index in [1.165, 1.54) is 17.8 Å². The number of hydrogen-bond acceptors (Lipinski definition) is 8. The zero-order valence-corrected chi connectivity index (χ0v) is 12.6. The Morgan fingerprint density at radius 1 is 1.41 bits per heavy atom. The summed E-state index contributed by atoms with van der Waals surface area (Å²) in [5.74, 6) is 0.675. The molecule has 1 aliphatic heterocycles. The van der Waals surface area contributed by atoms with Crippen LogP contribution in [0.25, 0.3) is 11.2 Å². The van der Waals surface area contributed by atoms with Crippen molar-refractivity contribution in [1.29, 1.82) is 0 Å². The van der Waals surface area contributed by atoms with Gasteiger partial charge >= 0.3 is 0 Å². The van der Waals surface area contributed by atoms with Crippen molar-refractivity contribution in [2.75, 3.05) is 12.3 Å². The summed E-state index contributed by atoms with van der Waals surface area (Å²) < 4.78 is 7.24. The van der Waals surface area contributed by atoms with Crippen molar-refractivity contribution in [2.45, 2.75) is 44.3 Å². The number of ether oxygens (including phenoxy) is 1. The van der Waals surface area contributed by atoms with Crippen molar-refractivity contribution in [2.24, 2.45) is 0 Å². The lowest BCUT2D eigenvalue weighted by atomic mass is 9.88. The average molecular weight is 309 g/mol. The summed E-state index contributed by atoms with van der Waals surface area (Å²) in [7, 11) is 0. The topological polar surface area (TPSA) is 140 Å². The van der Waals surface area contributed by atoms with E-state index in [2.05, 4.69) is 15.0 Å². The molecule has 3 rings (SSSR count). The van der Waals surface area contributed by atoms with Crippen LogP contribution in [0.3, 0.4) is 0 Å². The molecule has 0 spiro atoms. The van der Waals surface area contributed by atoms with Crippen LogP contribution in [-0.2, 0) is 10.5 Å². The third-order valence-corrected chi connectivity index (χ3v) is 4.42. The Hall–Kier alpha value is -1.81. The van der Waals surface area contributed by atoms with Gasteiger partial charge in [-0.05, 0) is 20.8 Å². The number of nitrogen functional groups attached to an aromatic ring is 1.